The van der Waals surface area contributed by atoms with E-state index in [2.05, 4.69) is 37.9 Å². The first-order chi connectivity index (χ1) is 8.22. The highest BCUT2D eigenvalue weighted by Crippen LogP contribution is 2.05. The van der Waals surface area contributed by atoms with Crippen molar-refractivity contribution in [3.05, 3.63) is 0 Å². The number of hydrogen-bond donors (Lipinski definition) is 1. The monoisotopic (exact) mass is 242 g/mol. The first-order valence-corrected chi connectivity index (χ1v) is 7.67. The smallest absolute Gasteiger partial charge is 0.00385 e. The molecule has 0 heterocycles. The molecule has 1 N–H and O–H groups in total. The van der Waals surface area contributed by atoms with E-state index in [4.69, 9.17) is 0 Å². The molecular weight excluding hydrogens is 208 g/mol. The van der Waals surface area contributed by atoms with Crippen molar-refractivity contribution in [2.24, 2.45) is 0 Å². The Hall–Kier alpha value is -0.0800. The predicted molar refractivity (Wildman–Crippen MR) is 78.6 cm³/mol. The van der Waals surface area contributed by atoms with E-state index in [0.717, 1.165) is 0 Å². The highest BCUT2D eigenvalue weighted by molar-refractivity contribution is 4.62. The van der Waals surface area contributed by atoms with Crippen LogP contribution < -0.4 is 5.32 Å². The third kappa shape index (κ3) is 10.8. The molecule has 17 heavy (non-hydrogen) atoms. The molecule has 0 bridgehead atoms. The molecule has 0 fully saturated rings. The summed E-state index contributed by atoms with van der Waals surface area (Å²) in [6.07, 6.45) is 8.01. The fourth-order valence-electron chi connectivity index (χ4n) is 2.14. The molecule has 0 saturated carbocycles. The van der Waals surface area contributed by atoms with Crippen LogP contribution in [0.2, 0.25) is 0 Å². The Kier molecular flexibility index (Phi) is 12.3. The second kappa shape index (κ2) is 12.4. The fraction of sp³-hybridized carbons (Fsp3) is 1.00. The van der Waals surface area contributed by atoms with Crippen molar-refractivity contribution in [2.75, 3.05) is 26.2 Å². The van der Waals surface area contributed by atoms with Gasteiger partial charge in [0, 0.05) is 6.04 Å². The molecule has 0 aliphatic rings. The quantitative estimate of drug-likeness (QED) is 0.525. The van der Waals surface area contributed by atoms with Crippen molar-refractivity contribution in [1.29, 1.82) is 0 Å². The molecule has 0 unspecified atom stereocenters. The van der Waals surface area contributed by atoms with Crippen LogP contribution in [0.25, 0.3) is 0 Å². The molecule has 104 valence electrons. The third-order valence-corrected chi connectivity index (χ3v) is 3.22. The molecule has 2 nitrogen and oxygen atoms in total. The number of nitrogens with one attached hydrogen (secondary N) is 1. The van der Waals surface area contributed by atoms with E-state index >= 15 is 0 Å². The molecule has 0 spiro atoms. The minimum atomic E-state index is 0.709. The summed E-state index contributed by atoms with van der Waals surface area (Å²) in [7, 11) is 0. The zero-order valence-corrected chi connectivity index (χ0v) is 12.6. The fourth-order valence-corrected chi connectivity index (χ4v) is 2.14. The van der Waals surface area contributed by atoms with E-state index in [1.54, 1.807) is 0 Å². The lowest BCUT2D eigenvalue weighted by atomic mass is 10.1. The summed E-state index contributed by atoms with van der Waals surface area (Å²) in [4.78, 5) is 2.61. The average molecular weight is 242 g/mol. The van der Waals surface area contributed by atoms with Gasteiger partial charge in [0.05, 0.1) is 0 Å². The van der Waals surface area contributed by atoms with Crippen LogP contribution in [0, 0.1) is 0 Å². The zero-order valence-electron chi connectivity index (χ0n) is 12.6. The van der Waals surface area contributed by atoms with E-state index in [0.29, 0.717) is 6.04 Å². The molecule has 0 aliphatic carbocycles. The van der Waals surface area contributed by atoms with Gasteiger partial charge in [-0.1, -0.05) is 26.7 Å². The van der Waals surface area contributed by atoms with Gasteiger partial charge in [0.15, 0.2) is 0 Å². The van der Waals surface area contributed by atoms with Crippen LogP contribution in [0.1, 0.15) is 66.2 Å². The van der Waals surface area contributed by atoms with Crippen LogP contribution in [0.3, 0.4) is 0 Å². The first-order valence-electron chi connectivity index (χ1n) is 7.67. The second-order valence-corrected chi connectivity index (χ2v) is 5.29. The highest BCUT2D eigenvalue weighted by atomic mass is 15.1. The molecule has 0 amide bonds. The lowest BCUT2D eigenvalue weighted by molar-refractivity contribution is 0.217. The SMILES string of the molecule is CCCNCCCCCCN(CCC)C(C)C. The Morgan fingerprint density at radius 2 is 1.53 bits per heavy atom. The van der Waals surface area contributed by atoms with Crippen LogP contribution in [0.4, 0.5) is 0 Å². The highest BCUT2D eigenvalue weighted by Gasteiger charge is 2.06. The molecule has 0 saturated heterocycles. The van der Waals surface area contributed by atoms with Crippen molar-refractivity contribution < 1.29 is 0 Å². The topological polar surface area (TPSA) is 15.3 Å². The first kappa shape index (κ1) is 16.9. The minimum absolute atomic E-state index is 0.709. The van der Waals surface area contributed by atoms with Crippen LogP contribution in [-0.4, -0.2) is 37.1 Å². The molecule has 0 aliphatic heterocycles. The van der Waals surface area contributed by atoms with Gasteiger partial charge in [0.1, 0.15) is 0 Å². The molecule has 0 aromatic rings. The van der Waals surface area contributed by atoms with Gasteiger partial charge in [0.2, 0.25) is 0 Å². The summed E-state index contributed by atoms with van der Waals surface area (Å²) >= 11 is 0. The largest absolute Gasteiger partial charge is 0.317 e. The zero-order chi connectivity index (χ0) is 12.9. The Morgan fingerprint density at radius 3 is 2.12 bits per heavy atom. The van der Waals surface area contributed by atoms with E-state index in [-0.39, 0.29) is 0 Å². The Morgan fingerprint density at radius 1 is 0.824 bits per heavy atom. The molecule has 0 aromatic heterocycles. The number of unbranched alkanes of at least 4 members (excludes halogenated alkanes) is 3. The lowest BCUT2D eigenvalue weighted by Crippen LogP contribution is -2.32. The normalized spacial score (nSPS) is 11.6. The predicted octanol–water partition coefficient (Wildman–Crippen LogP) is 3.67. The van der Waals surface area contributed by atoms with Gasteiger partial charge in [-0.3, -0.25) is 0 Å². The molecule has 0 atom stereocenters. The molecule has 0 aromatic carbocycles. The van der Waals surface area contributed by atoms with Gasteiger partial charge < -0.3 is 10.2 Å². The van der Waals surface area contributed by atoms with Gasteiger partial charge in [-0.25, -0.2) is 0 Å². The number of nitrogens with zero attached hydrogens (tertiary/aromatic N) is 1. The summed E-state index contributed by atoms with van der Waals surface area (Å²) in [5, 5.41) is 3.46. The van der Waals surface area contributed by atoms with Gasteiger partial charge in [-0.2, -0.15) is 0 Å². The average Bonchev–Trinajstić information content (AvgIpc) is 2.31. The van der Waals surface area contributed by atoms with Crippen LogP contribution in [0.15, 0.2) is 0 Å². The Bertz CT molecular complexity index is 146. The van der Waals surface area contributed by atoms with E-state index in [1.165, 1.54) is 64.7 Å². The van der Waals surface area contributed by atoms with Gasteiger partial charge in [-0.05, 0) is 65.7 Å². The minimum Gasteiger partial charge on any atom is -0.317 e. The van der Waals surface area contributed by atoms with Crippen LogP contribution in [-0.2, 0) is 0 Å². The van der Waals surface area contributed by atoms with Crippen molar-refractivity contribution in [3.8, 4) is 0 Å². The Labute approximate surface area is 109 Å². The summed E-state index contributed by atoms with van der Waals surface area (Å²) < 4.78 is 0. The molecular formula is C15H34N2. The summed E-state index contributed by atoms with van der Waals surface area (Å²) in [6, 6.07) is 0.709. The van der Waals surface area contributed by atoms with Crippen LogP contribution >= 0.6 is 0 Å². The molecule has 0 rings (SSSR count). The second-order valence-electron chi connectivity index (χ2n) is 5.29. The summed E-state index contributed by atoms with van der Waals surface area (Å²) in [5.41, 5.74) is 0. The van der Waals surface area contributed by atoms with E-state index in [1.807, 2.05) is 0 Å². The maximum absolute atomic E-state index is 3.46. The van der Waals surface area contributed by atoms with Crippen molar-refractivity contribution >= 4 is 0 Å². The lowest BCUT2D eigenvalue weighted by Gasteiger charge is -2.25. The van der Waals surface area contributed by atoms with E-state index in [9.17, 15) is 0 Å². The summed E-state index contributed by atoms with van der Waals surface area (Å²) in [5.74, 6) is 0. The van der Waals surface area contributed by atoms with Crippen molar-refractivity contribution in [2.45, 2.75) is 72.3 Å². The standard InChI is InChI=1S/C15H34N2/c1-5-11-16-12-9-7-8-10-14-17(13-6-2)15(3)4/h15-16H,5-14H2,1-4H3. The van der Waals surface area contributed by atoms with Gasteiger partial charge in [-0.15, -0.1) is 0 Å². The maximum Gasteiger partial charge on any atom is 0.00385 e. The third-order valence-electron chi connectivity index (χ3n) is 3.22. The Balaban J connectivity index is 3.30. The van der Waals surface area contributed by atoms with Crippen molar-refractivity contribution in [1.82, 2.24) is 10.2 Å². The number of hydrogen-bond acceptors (Lipinski definition) is 2. The van der Waals surface area contributed by atoms with Crippen molar-refractivity contribution in [3.63, 3.8) is 0 Å². The summed E-state index contributed by atoms with van der Waals surface area (Å²) in [6.45, 7) is 14.0. The van der Waals surface area contributed by atoms with Gasteiger partial charge in [0.25, 0.3) is 0 Å². The molecule has 2 heteroatoms. The van der Waals surface area contributed by atoms with Crippen LogP contribution in [0.5, 0.6) is 0 Å². The van der Waals surface area contributed by atoms with E-state index < -0.39 is 0 Å². The molecule has 0 radical (unpaired) electrons. The number of rotatable bonds is 12. The maximum atomic E-state index is 3.46. The van der Waals surface area contributed by atoms with Gasteiger partial charge >= 0.3 is 0 Å².